The molecule has 3 nitrogen and oxygen atoms in total. The minimum Gasteiger partial charge on any atom is -0.315 e. The van der Waals surface area contributed by atoms with Crippen LogP contribution in [0.3, 0.4) is 0 Å². The fourth-order valence-corrected chi connectivity index (χ4v) is 2.43. The van der Waals surface area contributed by atoms with Crippen molar-refractivity contribution in [2.24, 2.45) is 0 Å². The predicted octanol–water partition coefficient (Wildman–Crippen LogP) is 1.40. The van der Waals surface area contributed by atoms with Gasteiger partial charge in [0.05, 0.1) is 0 Å². The van der Waals surface area contributed by atoms with Crippen molar-refractivity contribution in [1.29, 1.82) is 0 Å². The number of nitrogens with zero attached hydrogens (tertiary/aromatic N) is 2. The molecule has 1 saturated heterocycles. The molecule has 1 aliphatic rings. The van der Waals surface area contributed by atoms with E-state index in [0.29, 0.717) is 6.04 Å². The number of likely N-dealkylation sites (N-methyl/N-ethyl adjacent to an activating group) is 1. The van der Waals surface area contributed by atoms with Crippen molar-refractivity contribution in [2.75, 3.05) is 39.8 Å². The van der Waals surface area contributed by atoms with Crippen molar-refractivity contribution in [1.82, 2.24) is 15.1 Å². The quantitative estimate of drug-likeness (QED) is 0.692. The molecule has 0 aromatic rings. The topological polar surface area (TPSA) is 18.5 Å². The van der Waals surface area contributed by atoms with Crippen molar-refractivity contribution in [3.63, 3.8) is 0 Å². The summed E-state index contributed by atoms with van der Waals surface area (Å²) < 4.78 is 0. The second kappa shape index (κ2) is 7.25. The Bertz CT molecular complexity index is 184. The van der Waals surface area contributed by atoms with E-state index in [-0.39, 0.29) is 0 Å². The molecule has 0 spiro atoms. The molecule has 0 amide bonds. The third kappa shape index (κ3) is 4.04. The first-order chi connectivity index (χ1) is 7.69. The molecule has 0 saturated carbocycles. The van der Waals surface area contributed by atoms with Gasteiger partial charge in [0.15, 0.2) is 0 Å². The Kier molecular flexibility index (Phi) is 6.32. The van der Waals surface area contributed by atoms with Crippen LogP contribution in [0.4, 0.5) is 0 Å². The summed E-state index contributed by atoms with van der Waals surface area (Å²) in [5.41, 5.74) is 0. The number of hydrogen-bond donors (Lipinski definition) is 1. The van der Waals surface area contributed by atoms with Crippen LogP contribution >= 0.6 is 0 Å². The Morgan fingerprint density at radius 1 is 1.31 bits per heavy atom. The molecule has 0 bridgehead atoms. The largest absolute Gasteiger partial charge is 0.315 e. The second-order valence-electron chi connectivity index (χ2n) is 5.09. The molecule has 16 heavy (non-hydrogen) atoms. The molecule has 2 atom stereocenters. The highest BCUT2D eigenvalue weighted by molar-refractivity contribution is 4.82. The smallest absolute Gasteiger partial charge is 0.0218 e. The Balaban J connectivity index is 2.30. The molecule has 0 radical (unpaired) electrons. The molecular weight excluding hydrogens is 198 g/mol. The van der Waals surface area contributed by atoms with E-state index in [1.54, 1.807) is 0 Å². The number of rotatable bonds is 6. The van der Waals surface area contributed by atoms with Gasteiger partial charge in [0.2, 0.25) is 0 Å². The molecule has 1 heterocycles. The first-order valence-electron chi connectivity index (χ1n) is 6.84. The Morgan fingerprint density at radius 3 is 2.69 bits per heavy atom. The Labute approximate surface area is 101 Å². The monoisotopic (exact) mass is 227 g/mol. The molecule has 2 unspecified atom stereocenters. The van der Waals surface area contributed by atoms with Crippen LogP contribution < -0.4 is 5.32 Å². The van der Waals surface area contributed by atoms with Gasteiger partial charge >= 0.3 is 0 Å². The summed E-state index contributed by atoms with van der Waals surface area (Å²) in [5, 5.41) is 3.52. The molecule has 1 rings (SSSR count). The lowest BCUT2D eigenvalue weighted by atomic mass is 10.1. The zero-order valence-electron chi connectivity index (χ0n) is 11.5. The highest BCUT2D eigenvalue weighted by Gasteiger charge is 2.25. The van der Waals surface area contributed by atoms with Crippen molar-refractivity contribution >= 4 is 0 Å². The Hall–Kier alpha value is -0.120. The molecule has 1 aliphatic heterocycles. The van der Waals surface area contributed by atoms with E-state index in [4.69, 9.17) is 0 Å². The average molecular weight is 227 g/mol. The van der Waals surface area contributed by atoms with E-state index in [0.717, 1.165) is 19.1 Å². The minimum absolute atomic E-state index is 0.675. The van der Waals surface area contributed by atoms with Crippen LogP contribution in [0.15, 0.2) is 0 Å². The molecule has 96 valence electrons. The van der Waals surface area contributed by atoms with E-state index in [1.165, 1.54) is 32.5 Å². The first kappa shape index (κ1) is 13.9. The van der Waals surface area contributed by atoms with Crippen molar-refractivity contribution in [3.05, 3.63) is 0 Å². The first-order valence-corrected chi connectivity index (χ1v) is 6.84. The van der Waals surface area contributed by atoms with Crippen LogP contribution in [0, 0.1) is 0 Å². The summed E-state index contributed by atoms with van der Waals surface area (Å²) in [4.78, 5) is 5.14. The fraction of sp³-hybridized carbons (Fsp3) is 1.00. The highest BCUT2D eigenvalue weighted by Crippen LogP contribution is 2.12. The molecule has 1 N–H and O–H groups in total. The van der Waals surface area contributed by atoms with Gasteiger partial charge in [-0.1, -0.05) is 13.8 Å². The zero-order chi connectivity index (χ0) is 12.0. The summed E-state index contributed by atoms with van der Waals surface area (Å²) in [6.07, 6.45) is 2.50. The van der Waals surface area contributed by atoms with E-state index in [2.05, 4.69) is 42.9 Å². The summed E-state index contributed by atoms with van der Waals surface area (Å²) in [5.74, 6) is 0. The van der Waals surface area contributed by atoms with Gasteiger partial charge in [0.25, 0.3) is 0 Å². The minimum atomic E-state index is 0.675. The van der Waals surface area contributed by atoms with Gasteiger partial charge in [-0.25, -0.2) is 0 Å². The van der Waals surface area contributed by atoms with Gasteiger partial charge in [-0.3, -0.25) is 4.90 Å². The maximum absolute atomic E-state index is 3.52. The Morgan fingerprint density at radius 2 is 2.06 bits per heavy atom. The van der Waals surface area contributed by atoms with Gasteiger partial charge in [0.1, 0.15) is 0 Å². The molecule has 0 aliphatic carbocycles. The van der Waals surface area contributed by atoms with Crippen LogP contribution in [-0.4, -0.2) is 61.7 Å². The van der Waals surface area contributed by atoms with E-state index in [9.17, 15) is 0 Å². The lowest BCUT2D eigenvalue weighted by molar-refractivity contribution is 0.0675. The van der Waals surface area contributed by atoms with E-state index >= 15 is 0 Å². The fourth-order valence-electron chi connectivity index (χ4n) is 2.43. The lowest BCUT2D eigenvalue weighted by Gasteiger charge is -2.42. The third-order valence-corrected chi connectivity index (χ3v) is 3.77. The van der Waals surface area contributed by atoms with Gasteiger partial charge < -0.3 is 10.2 Å². The van der Waals surface area contributed by atoms with Crippen LogP contribution in [0.5, 0.6) is 0 Å². The van der Waals surface area contributed by atoms with Crippen LogP contribution in [0.1, 0.15) is 33.6 Å². The maximum atomic E-state index is 3.52. The lowest BCUT2D eigenvalue weighted by Crippen LogP contribution is -2.55. The van der Waals surface area contributed by atoms with Crippen LogP contribution in [0.2, 0.25) is 0 Å². The molecule has 0 aromatic carbocycles. The molecule has 3 heteroatoms. The summed E-state index contributed by atoms with van der Waals surface area (Å²) in [6, 6.07) is 1.43. The van der Waals surface area contributed by atoms with Crippen molar-refractivity contribution in [3.8, 4) is 0 Å². The normalized spacial score (nSPS) is 25.9. The maximum Gasteiger partial charge on any atom is 0.0218 e. The van der Waals surface area contributed by atoms with Crippen molar-refractivity contribution < 1.29 is 0 Å². The van der Waals surface area contributed by atoms with E-state index < -0.39 is 0 Å². The van der Waals surface area contributed by atoms with Gasteiger partial charge in [-0.2, -0.15) is 0 Å². The molecule has 1 fully saturated rings. The van der Waals surface area contributed by atoms with Crippen LogP contribution in [0.25, 0.3) is 0 Å². The predicted molar refractivity (Wildman–Crippen MR) is 70.9 cm³/mol. The number of piperazine rings is 1. The van der Waals surface area contributed by atoms with Crippen LogP contribution in [-0.2, 0) is 0 Å². The SMILES string of the molecule is CCCNCC(C)N1CCN(C)C(CC)C1. The summed E-state index contributed by atoms with van der Waals surface area (Å²) in [7, 11) is 2.26. The van der Waals surface area contributed by atoms with Crippen molar-refractivity contribution in [2.45, 2.75) is 45.7 Å². The third-order valence-electron chi connectivity index (χ3n) is 3.77. The molecular formula is C13H29N3. The average Bonchev–Trinajstić information content (AvgIpc) is 2.30. The van der Waals surface area contributed by atoms with Gasteiger partial charge in [0, 0.05) is 38.3 Å². The number of hydrogen-bond acceptors (Lipinski definition) is 3. The standard InChI is InChI=1S/C13H29N3/c1-5-7-14-10-12(3)16-9-8-15(4)13(6-2)11-16/h12-14H,5-11H2,1-4H3. The highest BCUT2D eigenvalue weighted by atomic mass is 15.3. The zero-order valence-corrected chi connectivity index (χ0v) is 11.5. The summed E-state index contributed by atoms with van der Waals surface area (Å²) >= 11 is 0. The molecule has 0 aromatic heterocycles. The number of nitrogens with one attached hydrogen (secondary N) is 1. The van der Waals surface area contributed by atoms with E-state index in [1.807, 2.05) is 0 Å². The van der Waals surface area contributed by atoms with Gasteiger partial charge in [-0.15, -0.1) is 0 Å². The summed E-state index contributed by atoms with van der Waals surface area (Å²) in [6.45, 7) is 12.8. The second-order valence-corrected chi connectivity index (χ2v) is 5.09. The van der Waals surface area contributed by atoms with Gasteiger partial charge in [-0.05, 0) is 33.4 Å².